The molecule has 1 aromatic rings. The number of ether oxygens (including phenoxy) is 2. The van der Waals surface area contributed by atoms with E-state index in [4.69, 9.17) is 9.47 Å². The van der Waals surface area contributed by atoms with Gasteiger partial charge < -0.3 is 14.8 Å². The Bertz CT molecular complexity index is 384. The van der Waals surface area contributed by atoms with Crippen LogP contribution in [0.2, 0.25) is 0 Å². The quantitative estimate of drug-likeness (QED) is 0.832. The van der Waals surface area contributed by atoms with E-state index >= 15 is 0 Å². The van der Waals surface area contributed by atoms with E-state index in [0.29, 0.717) is 6.61 Å². The van der Waals surface area contributed by atoms with Crippen molar-refractivity contribution >= 4 is 0 Å². The molecule has 0 aliphatic carbocycles. The summed E-state index contributed by atoms with van der Waals surface area (Å²) in [5.41, 5.74) is 2.18. The minimum Gasteiger partial charge on any atom is -0.475 e. The zero-order chi connectivity index (χ0) is 13.0. The van der Waals surface area contributed by atoms with E-state index in [1.807, 2.05) is 18.7 Å². The molecule has 0 bridgehead atoms. The first-order valence-corrected chi connectivity index (χ1v) is 6.70. The molecule has 0 spiro atoms. The highest BCUT2D eigenvalue weighted by molar-refractivity contribution is 5.30. The maximum absolute atomic E-state index is 5.91. The monoisotopic (exact) mass is 253 g/mol. The van der Waals surface area contributed by atoms with Crippen LogP contribution < -0.4 is 10.1 Å². The average Bonchev–Trinajstić information content (AvgIpc) is 2.93. The zero-order valence-corrected chi connectivity index (χ0v) is 11.5. The lowest BCUT2D eigenvalue weighted by molar-refractivity contribution is 0.0644. The Morgan fingerprint density at radius 3 is 3.06 bits per heavy atom. The van der Waals surface area contributed by atoms with E-state index in [9.17, 15) is 0 Å². The van der Waals surface area contributed by atoms with Gasteiger partial charge in [0.15, 0.2) is 0 Å². The average molecular weight is 253 g/mol. The van der Waals surface area contributed by atoms with E-state index < -0.39 is 0 Å². The Balaban J connectivity index is 2.00. The second-order valence-electron chi connectivity index (χ2n) is 4.72. The number of hydrogen-bond acceptors (Lipinski definition) is 4. The first kappa shape index (κ1) is 13.4. The number of hydrogen-bond donors (Lipinski definition) is 1. The van der Waals surface area contributed by atoms with Gasteiger partial charge in [0, 0.05) is 20.2 Å². The SMILES string of the molecule is CCNCc1c(C)nn(C)c1OCC1CCCO1. The molecule has 1 atom stereocenters. The maximum Gasteiger partial charge on any atom is 0.216 e. The van der Waals surface area contributed by atoms with Crippen LogP contribution in [0.15, 0.2) is 0 Å². The summed E-state index contributed by atoms with van der Waals surface area (Å²) < 4.78 is 13.3. The van der Waals surface area contributed by atoms with Gasteiger partial charge in [-0.25, -0.2) is 4.68 Å². The molecule has 1 N–H and O–H groups in total. The van der Waals surface area contributed by atoms with Gasteiger partial charge in [-0.1, -0.05) is 6.92 Å². The molecular weight excluding hydrogens is 230 g/mol. The van der Waals surface area contributed by atoms with Gasteiger partial charge in [-0.05, 0) is 26.3 Å². The Hall–Kier alpha value is -1.07. The van der Waals surface area contributed by atoms with Crippen molar-refractivity contribution in [2.24, 2.45) is 7.05 Å². The normalized spacial score (nSPS) is 19.4. The van der Waals surface area contributed by atoms with Crippen LogP contribution in [0.4, 0.5) is 0 Å². The zero-order valence-electron chi connectivity index (χ0n) is 11.5. The van der Waals surface area contributed by atoms with Crippen molar-refractivity contribution in [3.05, 3.63) is 11.3 Å². The summed E-state index contributed by atoms with van der Waals surface area (Å²) in [5.74, 6) is 0.865. The molecule has 1 aliphatic heterocycles. The lowest BCUT2D eigenvalue weighted by atomic mass is 10.2. The number of rotatable bonds is 6. The van der Waals surface area contributed by atoms with Gasteiger partial charge in [0.05, 0.1) is 17.4 Å². The molecule has 0 saturated carbocycles. The maximum atomic E-state index is 5.91. The standard InChI is InChI=1S/C13H23N3O2/c1-4-14-8-12-10(2)15-16(3)13(12)18-9-11-6-5-7-17-11/h11,14H,4-9H2,1-3H3. The van der Waals surface area contributed by atoms with Gasteiger partial charge in [0.1, 0.15) is 6.61 Å². The van der Waals surface area contributed by atoms with Crippen LogP contribution in [0.5, 0.6) is 5.88 Å². The van der Waals surface area contributed by atoms with Gasteiger partial charge in [0.2, 0.25) is 5.88 Å². The molecular formula is C13H23N3O2. The molecule has 1 unspecified atom stereocenters. The number of nitrogens with one attached hydrogen (secondary N) is 1. The highest BCUT2D eigenvalue weighted by Crippen LogP contribution is 2.22. The van der Waals surface area contributed by atoms with E-state index in [1.165, 1.54) is 0 Å². The number of nitrogens with zero attached hydrogens (tertiary/aromatic N) is 2. The third kappa shape index (κ3) is 3.03. The molecule has 5 heteroatoms. The smallest absolute Gasteiger partial charge is 0.216 e. The van der Waals surface area contributed by atoms with Crippen LogP contribution in [0.3, 0.4) is 0 Å². The van der Waals surface area contributed by atoms with Crippen molar-refractivity contribution in [2.75, 3.05) is 19.8 Å². The molecule has 1 fully saturated rings. The largest absolute Gasteiger partial charge is 0.475 e. The Kier molecular flexibility index (Phi) is 4.60. The van der Waals surface area contributed by atoms with Crippen LogP contribution in [-0.2, 0) is 18.3 Å². The molecule has 102 valence electrons. The molecule has 5 nitrogen and oxygen atoms in total. The fourth-order valence-corrected chi connectivity index (χ4v) is 2.26. The molecule has 1 aromatic heterocycles. The van der Waals surface area contributed by atoms with Gasteiger partial charge >= 0.3 is 0 Å². The molecule has 0 aromatic carbocycles. The topological polar surface area (TPSA) is 48.3 Å². The highest BCUT2D eigenvalue weighted by atomic mass is 16.5. The summed E-state index contributed by atoms with van der Waals surface area (Å²) >= 11 is 0. The van der Waals surface area contributed by atoms with Crippen molar-refractivity contribution < 1.29 is 9.47 Å². The predicted octanol–water partition coefficient (Wildman–Crippen LogP) is 1.40. The first-order chi connectivity index (χ1) is 8.72. The van der Waals surface area contributed by atoms with Crippen molar-refractivity contribution in [3.63, 3.8) is 0 Å². The summed E-state index contributed by atoms with van der Waals surface area (Å²) in [6.07, 6.45) is 2.48. The van der Waals surface area contributed by atoms with Gasteiger partial charge in [-0.15, -0.1) is 0 Å². The van der Waals surface area contributed by atoms with Crippen molar-refractivity contribution in [1.82, 2.24) is 15.1 Å². The molecule has 2 heterocycles. The summed E-state index contributed by atoms with van der Waals surface area (Å²) in [5, 5.41) is 7.74. The Morgan fingerprint density at radius 2 is 2.39 bits per heavy atom. The van der Waals surface area contributed by atoms with Crippen LogP contribution >= 0.6 is 0 Å². The number of aryl methyl sites for hydroxylation is 2. The van der Waals surface area contributed by atoms with Crippen LogP contribution in [0.1, 0.15) is 31.0 Å². The first-order valence-electron chi connectivity index (χ1n) is 6.70. The summed E-state index contributed by atoms with van der Waals surface area (Å²) in [7, 11) is 1.92. The van der Waals surface area contributed by atoms with E-state index in [2.05, 4.69) is 17.3 Å². The molecule has 2 rings (SSSR count). The van der Waals surface area contributed by atoms with Crippen molar-refractivity contribution in [3.8, 4) is 5.88 Å². The third-order valence-corrected chi connectivity index (χ3v) is 3.27. The Labute approximate surface area is 108 Å². The summed E-state index contributed by atoms with van der Waals surface area (Å²) in [6, 6.07) is 0. The van der Waals surface area contributed by atoms with Crippen LogP contribution in [0.25, 0.3) is 0 Å². The molecule has 0 radical (unpaired) electrons. The summed E-state index contributed by atoms with van der Waals surface area (Å²) in [6.45, 7) is 7.35. The second kappa shape index (κ2) is 6.20. The Morgan fingerprint density at radius 1 is 1.56 bits per heavy atom. The van der Waals surface area contributed by atoms with E-state index in [-0.39, 0.29) is 6.10 Å². The number of aromatic nitrogens is 2. The van der Waals surface area contributed by atoms with E-state index in [0.717, 1.165) is 49.7 Å². The van der Waals surface area contributed by atoms with Gasteiger partial charge in [-0.2, -0.15) is 5.10 Å². The molecule has 0 amide bonds. The third-order valence-electron chi connectivity index (χ3n) is 3.27. The second-order valence-corrected chi connectivity index (χ2v) is 4.72. The molecule has 1 saturated heterocycles. The van der Waals surface area contributed by atoms with Crippen molar-refractivity contribution in [1.29, 1.82) is 0 Å². The lowest BCUT2D eigenvalue weighted by Gasteiger charge is -2.13. The van der Waals surface area contributed by atoms with Crippen LogP contribution in [0, 0.1) is 6.92 Å². The highest BCUT2D eigenvalue weighted by Gasteiger charge is 2.19. The minimum absolute atomic E-state index is 0.243. The van der Waals surface area contributed by atoms with Crippen molar-refractivity contribution in [2.45, 2.75) is 39.3 Å². The van der Waals surface area contributed by atoms with Gasteiger partial charge in [0.25, 0.3) is 0 Å². The predicted molar refractivity (Wildman–Crippen MR) is 69.8 cm³/mol. The van der Waals surface area contributed by atoms with Gasteiger partial charge in [-0.3, -0.25) is 0 Å². The lowest BCUT2D eigenvalue weighted by Crippen LogP contribution is -2.19. The fourth-order valence-electron chi connectivity index (χ4n) is 2.26. The van der Waals surface area contributed by atoms with E-state index in [1.54, 1.807) is 0 Å². The fraction of sp³-hybridized carbons (Fsp3) is 0.769. The van der Waals surface area contributed by atoms with Crippen LogP contribution in [-0.4, -0.2) is 35.6 Å². The summed E-state index contributed by atoms with van der Waals surface area (Å²) in [4.78, 5) is 0. The molecule has 1 aliphatic rings. The molecule has 18 heavy (non-hydrogen) atoms. The minimum atomic E-state index is 0.243.